The summed E-state index contributed by atoms with van der Waals surface area (Å²) in [6, 6.07) is 12.5. The maximum absolute atomic E-state index is 6.52. The van der Waals surface area contributed by atoms with Crippen molar-refractivity contribution in [2.24, 2.45) is 5.73 Å². The highest BCUT2D eigenvalue weighted by molar-refractivity contribution is 5.63. The van der Waals surface area contributed by atoms with Gasteiger partial charge in [-0.15, -0.1) is 0 Å². The van der Waals surface area contributed by atoms with Gasteiger partial charge in [-0.1, -0.05) is 18.2 Å². The van der Waals surface area contributed by atoms with Crippen molar-refractivity contribution in [2.75, 3.05) is 7.11 Å². The van der Waals surface area contributed by atoms with E-state index < -0.39 is 11.7 Å². The van der Waals surface area contributed by atoms with E-state index in [9.17, 15) is 0 Å². The van der Waals surface area contributed by atoms with Gasteiger partial charge in [0.25, 0.3) is 0 Å². The highest BCUT2D eigenvalue weighted by atomic mass is 16.5. The molecule has 0 aliphatic carbocycles. The van der Waals surface area contributed by atoms with Crippen LogP contribution in [0.4, 0.5) is 0 Å². The number of nitrogens with zero attached hydrogens (tertiary/aromatic N) is 4. The lowest BCUT2D eigenvalue weighted by Crippen LogP contribution is -2.43. The van der Waals surface area contributed by atoms with Gasteiger partial charge in [0.2, 0.25) is 0 Å². The van der Waals surface area contributed by atoms with E-state index in [-0.39, 0.29) is 0 Å². The van der Waals surface area contributed by atoms with Crippen molar-refractivity contribution in [3.05, 3.63) is 101 Å². The van der Waals surface area contributed by atoms with Crippen LogP contribution in [0.15, 0.2) is 67.4 Å². The maximum Gasteiger partial charge on any atom is 0.124 e. The van der Waals surface area contributed by atoms with Gasteiger partial charge in [0, 0.05) is 30.4 Å². The average molecular weight is 425 g/mol. The van der Waals surface area contributed by atoms with Crippen molar-refractivity contribution in [2.45, 2.75) is 25.6 Å². The molecule has 0 amide bonds. The van der Waals surface area contributed by atoms with Gasteiger partial charge in [-0.3, -0.25) is 25.3 Å². The SMILES string of the molecule is COc1c(C)cc(C2(c3cccc(-c4cnccn4)c3)NC(N)c3nccnc32)cc1C. The number of aryl methyl sites for hydroxylation is 2. The molecule has 2 unspecified atom stereocenters. The Labute approximate surface area is 186 Å². The number of hydrogen-bond acceptors (Lipinski definition) is 7. The quantitative estimate of drug-likeness (QED) is 0.518. The number of hydrogen-bond donors (Lipinski definition) is 2. The third-order valence-corrected chi connectivity index (χ3v) is 6.00. The molecule has 2 aromatic carbocycles. The fourth-order valence-electron chi connectivity index (χ4n) is 4.69. The van der Waals surface area contributed by atoms with Crippen LogP contribution in [0.3, 0.4) is 0 Å². The molecule has 3 heterocycles. The predicted molar refractivity (Wildman–Crippen MR) is 122 cm³/mol. The molecule has 1 aliphatic rings. The zero-order valence-electron chi connectivity index (χ0n) is 18.2. The minimum absolute atomic E-state index is 0.457. The molecule has 0 saturated carbocycles. The minimum Gasteiger partial charge on any atom is -0.496 e. The summed E-state index contributed by atoms with van der Waals surface area (Å²) in [5, 5.41) is 3.61. The molecule has 7 nitrogen and oxygen atoms in total. The lowest BCUT2D eigenvalue weighted by atomic mass is 9.79. The van der Waals surface area contributed by atoms with Crippen molar-refractivity contribution in [3.63, 3.8) is 0 Å². The van der Waals surface area contributed by atoms with E-state index >= 15 is 0 Å². The number of ether oxygens (including phenoxy) is 1. The first-order valence-electron chi connectivity index (χ1n) is 10.4. The van der Waals surface area contributed by atoms with E-state index in [0.29, 0.717) is 0 Å². The summed E-state index contributed by atoms with van der Waals surface area (Å²) in [4.78, 5) is 18.0. The fourth-order valence-corrected chi connectivity index (χ4v) is 4.69. The monoisotopic (exact) mass is 424 g/mol. The van der Waals surface area contributed by atoms with Gasteiger partial charge >= 0.3 is 0 Å². The molecule has 1 aliphatic heterocycles. The van der Waals surface area contributed by atoms with Crippen molar-refractivity contribution >= 4 is 0 Å². The summed E-state index contributed by atoms with van der Waals surface area (Å²) < 4.78 is 5.61. The number of nitrogens with two attached hydrogens (primary N) is 1. The van der Waals surface area contributed by atoms with Crippen LogP contribution in [0.1, 0.15) is 39.8 Å². The first-order valence-corrected chi connectivity index (χ1v) is 10.4. The standard InChI is InChI=1S/C25H24N6O/c1-15-11-19(12-16(2)22(15)32-3)25(23-21(24(26)31-25)29-9-10-30-23)18-6-4-5-17(13-18)20-14-27-7-8-28-20/h4-14,24,31H,26H2,1-3H3. The Morgan fingerprint density at radius 2 is 1.69 bits per heavy atom. The summed E-state index contributed by atoms with van der Waals surface area (Å²) in [5.41, 5.74) is 13.2. The lowest BCUT2D eigenvalue weighted by molar-refractivity contribution is 0.406. The first-order chi connectivity index (χ1) is 15.5. The van der Waals surface area contributed by atoms with Gasteiger partial charge in [0.05, 0.1) is 30.4 Å². The zero-order chi connectivity index (χ0) is 22.3. The third kappa shape index (κ3) is 3.05. The molecule has 32 heavy (non-hydrogen) atoms. The van der Waals surface area contributed by atoms with E-state index in [1.54, 1.807) is 38.1 Å². The molecule has 0 fully saturated rings. The Bertz CT molecular complexity index is 1270. The molecule has 4 aromatic rings. The molecule has 160 valence electrons. The van der Waals surface area contributed by atoms with Gasteiger partial charge < -0.3 is 10.5 Å². The van der Waals surface area contributed by atoms with Crippen LogP contribution in [0.25, 0.3) is 11.3 Å². The topological polar surface area (TPSA) is 98.8 Å². The Balaban J connectivity index is 1.79. The molecular formula is C25H24N6O. The van der Waals surface area contributed by atoms with Gasteiger partial charge in [-0.25, -0.2) is 0 Å². The normalized spacial score (nSPS) is 19.6. The second-order valence-corrected chi connectivity index (χ2v) is 7.98. The van der Waals surface area contributed by atoms with Crippen LogP contribution in [-0.4, -0.2) is 27.0 Å². The summed E-state index contributed by atoms with van der Waals surface area (Å²) in [5.74, 6) is 0.874. The Kier molecular flexibility index (Phi) is 4.92. The maximum atomic E-state index is 6.52. The van der Waals surface area contributed by atoms with Crippen molar-refractivity contribution in [1.82, 2.24) is 25.3 Å². The number of aromatic nitrogens is 4. The molecule has 0 bridgehead atoms. The third-order valence-electron chi connectivity index (χ3n) is 6.00. The number of rotatable bonds is 4. The first kappa shape index (κ1) is 20.2. The van der Waals surface area contributed by atoms with Gasteiger partial charge in [-0.2, -0.15) is 0 Å². The number of fused-ring (bicyclic) bond motifs is 1. The number of nitrogens with one attached hydrogen (secondary N) is 1. The van der Waals surface area contributed by atoms with E-state index in [1.807, 2.05) is 26.0 Å². The molecule has 7 heteroatoms. The van der Waals surface area contributed by atoms with E-state index in [1.165, 1.54) is 0 Å². The summed E-state index contributed by atoms with van der Waals surface area (Å²) >= 11 is 0. The number of methoxy groups -OCH3 is 1. The summed E-state index contributed by atoms with van der Waals surface area (Å²) in [6.07, 6.45) is 8.05. The molecular weight excluding hydrogens is 400 g/mol. The van der Waals surface area contributed by atoms with Gasteiger partial charge in [0.1, 0.15) is 17.5 Å². The number of benzene rings is 2. The van der Waals surface area contributed by atoms with Gasteiger partial charge in [0.15, 0.2) is 0 Å². The minimum atomic E-state index is -0.775. The highest BCUT2D eigenvalue weighted by Crippen LogP contribution is 2.45. The van der Waals surface area contributed by atoms with E-state index in [2.05, 4.69) is 44.5 Å². The molecule has 0 spiro atoms. The fraction of sp³-hybridized carbons (Fsp3) is 0.200. The van der Waals surface area contributed by atoms with Crippen molar-refractivity contribution < 1.29 is 4.74 Å². The van der Waals surface area contributed by atoms with Crippen LogP contribution < -0.4 is 15.8 Å². The van der Waals surface area contributed by atoms with E-state index in [0.717, 1.165) is 50.6 Å². The largest absolute Gasteiger partial charge is 0.496 e. The smallest absolute Gasteiger partial charge is 0.124 e. The molecule has 2 aromatic heterocycles. The summed E-state index contributed by atoms with van der Waals surface area (Å²) in [6.45, 7) is 4.09. The molecule has 2 atom stereocenters. The highest BCUT2D eigenvalue weighted by Gasteiger charge is 2.47. The zero-order valence-corrected chi connectivity index (χ0v) is 18.2. The van der Waals surface area contributed by atoms with Crippen LogP contribution in [0, 0.1) is 13.8 Å². The Morgan fingerprint density at radius 3 is 2.41 bits per heavy atom. The Morgan fingerprint density at radius 1 is 0.938 bits per heavy atom. The van der Waals surface area contributed by atoms with E-state index in [4.69, 9.17) is 15.5 Å². The molecule has 0 radical (unpaired) electrons. The van der Waals surface area contributed by atoms with Crippen molar-refractivity contribution in [1.29, 1.82) is 0 Å². The average Bonchev–Trinajstić information content (AvgIpc) is 3.13. The Hall–Kier alpha value is -3.68. The summed E-state index contributed by atoms with van der Waals surface area (Å²) in [7, 11) is 1.69. The van der Waals surface area contributed by atoms with Crippen LogP contribution in [0.2, 0.25) is 0 Å². The molecule has 5 rings (SSSR count). The van der Waals surface area contributed by atoms with Crippen LogP contribution >= 0.6 is 0 Å². The lowest BCUT2D eigenvalue weighted by Gasteiger charge is -2.33. The molecule has 0 saturated heterocycles. The predicted octanol–water partition coefficient (Wildman–Crippen LogP) is 3.41. The second kappa shape index (κ2) is 7.78. The van der Waals surface area contributed by atoms with Gasteiger partial charge in [-0.05, 0) is 54.3 Å². The second-order valence-electron chi connectivity index (χ2n) is 7.98. The van der Waals surface area contributed by atoms with Crippen LogP contribution in [0.5, 0.6) is 5.75 Å². The van der Waals surface area contributed by atoms with Crippen molar-refractivity contribution in [3.8, 4) is 17.0 Å². The van der Waals surface area contributed by atoms with Crippen LogP contribution in [-0.2, 0) is 5.54 Å². The molecule has 3 N–H and O–H groups in total.